The van der Waals surface area contributed by atoms with Gasteiger partial charge in [-0.15, -0.1) is 0 Å². The Morgan fingerprint density at radius 3 is 2.38 bits per heavy atom. The van der Waals surface area contributed by atoms with Gasteiger partial charge in [-0.25, -0.2) is 0 Å². The minimum atomic E-state index is -0.771. The van der Waals surface area contributed by atoms with E-state index in [4.69, 9.17) is 20.0 Å². The number of ether oxygens (including phenoxy) is 1. The highest BCUT2D eigenvalue weighted by atomic mass is 32.1. The maximum absolute atomic E-state index is 11.1. The molecule has 0 aliphatic carbocycles. The van der Waals surface area contributed by atoms with Crippen LogP contribution >= 0.6 is 11.5 Å². The van der Waals surface area contributed by atoms with Crippen molar-refractivity contribution < 1.29 is 14.6 Å². The number of fused-ring (bicyclic) bond motifs is 1. The minimum absolute atomic E-state index is 0.138. The summed E-state index contributed by atoms with van der Waals surface area (Å²) < 4.78 is 12.3. The number of anilines is 1. The number of hydrogen-bond acceptors (Lipinski definition) is 7. The molecular weight excluding hydrogens is 520 g/mol. The van der Waals surface area contributed by atoms with Gasteiger partial charge in [-0.1, -0.05) is 48.5 Å². The molecular formula is C32H38N4O3S. The molecule has 1 fully saturated rings. The third-order valence-electron chi connectivity index (χ3n) is 7.52. The lowest BCUT2D eigenvalue weighted by Gasteiger charge is -2.35. The van der Waals surface area contributed by atoms with Gasteiger partial charge in [-0.3, -0.25) is 9.69 Å². The van der Waals surface area contributed by atoms with Gasteiger partial charge in [0.15, 0.2) is 0 Å². The zero-order valence-corrected chi connectivity index (χ0v) is 23.7. The number of carboxylic acids is 1. The van der Waals surface area contributed by atoms with Crippen LogP contribution < -0.4 is 15.4 Å². The average molecular weight is 559 g/mol. The lowest BCUT2D eigenvalue weighted by molar-refractivity contribution is -0.136. The van der Waals surface area contributed by atoms with Gasteiger partial charge in [0.05, 0.1) is 4.70 Å². The van der Waals surface area contributed by atoms with Gasteiger partial charge in [0.25, 0.3) is 0 Å². The topological polar surface area (TPSA) is 91.9 Å². The summed E-state index contributed by atoms with van der Waals surface area (Å²) in [5.74, 6) is 1.29. The minimum Gasteiger partial charge on any atom is -0.492 e. The number of carboxylic acid groups (broad SMARTS) is 1. The van der Waals surface area contributed by atoms with Crippen molar-refractivity contribution >= 4 is 33.4 Å². The standard InChI is InChI=1S/C32H38N4O3S/c33-14-13-26-22-24(21-25(23-26)10-12-31(37)38)9-11-27-5-1-3-7-29(27)39-20-19-35-15-17-36(18-16-35)32-28-6-2-4-8-30(28)40-34-32/h1-8,21-23H,9-20,33H2,(H,37,38). The van der Waals surface area contributed by atoms with Crippen LogP contribution in [0.1, 0.15) is 28.7 Å². The smallest absolute Gasteiger partial charge is 0.303 e. The highest BCUT2D eigenvalue weighted by Crippen LogP contribution is 2.30. The Labute approximate surface area is 240 Å². The van der Waals surface area contributed by atoms with E-state index in [0.29, 0.717) is 19.6 Å². The van der Waals surface area contributed by atoms with Crippen molar-refractivity contribution in [2.45, 2.75) is 32.1 Å². The molecule has 2 heterocycles. The molecule has 8 heteroatoms. The summed E-state index contributed by atoms with van der Waals surface area (Å²) in [6.07, 6.45) is 3.20. The van der Waals surface area contributed by atoms with Crippen LogP contribution in [0.5, 0.6) is 5.75 Å². The molecule has 1 aromatic heterocycles. The van der Waals surface area contributed by atoms with Crippen LogP contribution in [-0.4, -0.2) is 66.2 Å². The molecule has 1 aliphatic heterocycles. The van der Waals surface area contributed by atoms with Crippen LogP contribution in [-0.2, 0) is 30.5 Å². The summed E-state index contributed by atoms with van der Waals surface area (Å²) in [6, 6.07) is 23.2. The molecule has 0 spiro atoms. The highest BCUT2D eigenvalue weighted by molar-refractivity contribution is 7.13. The Bertz CT molecular complexity index is 1410. The molecule has 0 bridgehead atoms. The number of piperazine rings is 1. The number of nitrogens with two attached hydrogens (primary N) is 1. The van der Waals surface area contributed by atoms with Crippen LogP contribution in [0.2, 0.25) is 0 Å². The maximum Gasteiger partial charge on any atom is 0.303 e. The molecule has 7 nitrogen and oxygen atoms in total. The second-order valence-corrected chi connectivity index (χ2v) is 11.2. The third-order valence-corrected chi connectivity index (χ3v) is 8.34. The first-order valence-corrected chi connectivity index (χ1v) is 14.9. The third kappa shape index (κ3) is 7.38. The van der Waals surface area contributed by atoms with E-state index in [9.17, 15) is 4.79 Å². The molecule has 3 N–H and O–H groups in total. The second kappa shape index (κ2) is 13.7. The van der Waals surface area contributed by atoms with Gasteiger partial charge in [-0.2, -0.15) is 4.37 Å². The Hall–Kier alpha value is -3.46. The number of hydrogen-bond donors (Lipinski definition) is 2. The van der Waals surface area contributed by atoms with Crippen molar-refractivity contribution in [3.63, 3.8) is 0 Å². The Morgan fingerprint density at radius 2 is 1.60 bits per heavy atom. The monoisotopic (exact) mass is 558 g/mol. The molecule has 0 unspecified atom stereocenters. The van der Waals surface area contributed by atoms with Gasteiger partial charge in [0.2, 0.25) is 0 Å². The molecule has 40 heavy (non-hydrogen) atoms. The quantitative estimate of drug-likeness (QED) is 0.244. The molecule has 0 saturated carbocycles. The molecule has 3 aromatic carbocycles. The molecule has 4 aromatic rings. The number of aromatic nitrogens is 1. The molecule has 5 rings (SSSR count). The van der Waals surface area contributed by atoms with Gasteiger partial charge in [0, 0.05) is 44.5 Å². The first-order chi connectivity index (χ1) is 19.6. The van der Waals surface area contributed by atoms with Crippen molar-refractivity contribution in [3.05, 3.63) is 89.0 Å². The fourth-order valence-electron chi connectivity index (χ4n) is 5.39. The highest BCUT2D eigenvalue weighted by Gasteiger charge is 2.20. The average Bonchev–Trinajstić information content (AvgIpc) is 3.40. The number of benzene rings is 3. The summed E-state index contributed by atoms with van der Waals surface area (Å²) >= 11 is 1.58. The predicted octanol–water partition coefficient (Wildman–Crippen LogP) is 4.80. The van der Waals surface area contributed by atoms with Crippen molar-refractivity contribution in [2.24, 2.45) is 5.73 Å². The van der Waals surface area contributed by atoms with Crippen molar-refractivity contribution in [1.29, 1.82) is 0 Å². The second-order valence-electron chi connectivity index (χ2n) is 10.4. The van der Waals surface area contributed by atoms with E-state index >= 15 is 0 Å². The van der Waals surface area contributed by atoms with E-state index in [-0.39, 0.29) is 6.42 Å². The number of para-hydroxylation sites is 1. The van der Waals surface area contributed by atoms with Gasteiger partial charge >= 0.3 is 5.97 Å². The Kier molecular flexibility index (Phi) is 9.65. The van der Waals surface area contributed by atoms with Crippen LogP contribution in [0.15, 0.2) is 66.7 Å². The summed E-state index contributed by atoms with van der Waals surface area (Å²) in [6.45, 7) is 6.08. The van der Waals surface area contributed by atoms with Crippen molar-refractivity contribution in [3.8, 4) is 5.75 Å². The summed E-state index contributed by atoms with van der Waals surface area (Å²) in [4.78, 5) is 15.9. The predicted molar refractivity (Wildman–Crippen MR) is 163 cm³/mol. The molecule has 1 saturated heterocycles. The molecule has 0 radical (unpaired) electrons. The summed E-state index contributed by atoms with van der Waals surface area (Å²) in [7, 11) is 0. The van der Waals surface area contributed by atoms with Crippen LogP contribution in [0.3, 0.4) is 0 Å². The lowest BCUT2D eigenvalue weighted by atomic mass is 9.96. The molecule has 1 aliphatic rings. The van der Waals surface area contributed by atoms with E-state index in [1.165, 1.54) is 26.8 Å². The SMILES string of the molecule is NCCc1cc(CCC(=O)O)cc(CCc2ccccc2OCCN2CCN(c3nsc4ccccc34)CC2)c1. The first-order valence-electron chi connectivity index (χ1n) is 14.1. The summed E-state index contributed by atoms with van der Waals surface area (Å²) in [5.41, 5.74) is 10.4. The van der Waals surface area contributed by atoms with E-state index in [1.54, 1.807) is 11.5 Å². The molecule has 0 atom stereocenters. The van der Waals surface area contributed by atoms with E-state index in [2.05, 4.69) is 70.5 Å². The number of aliphatic carboxylic acids is 1. The van der Waals surface area contributed by atoms with E-state index in [1.807, 2.05) is 6.07 Å². The first kappa shape index (κ1) is 28.1. The summed E-state index contributed by atoms with van der Waals surface area (Å²) in [5, 5.41) is 10.4. The fraction of sp³-hybridized carbons (Fsp3) is 0.375. The van der Waals surface area contributed by atoms with E-state index in [0.717, 1.165) is 69.1 Å². The van der Waals surface area contributed by atoms with E-state index < -0.39 is 5.97 Å². The maximum atomic E-state index is 11.1. The zero-order chi connectivity index (χ0) is 27.7. The van der Waals surface area contributed by atoms with Crippen LogP contribution in [0.4, 0.5) is 5.82 Å². The van der Waals surface area contributed by atoms with Gasteiger partial charge < -0.3 is 20.5 Å². The molecule has 210 valence electrons. The number of carbonyl (C=O) groups is 1. The van der Waals surface area contributed by atoms with Crippen molar-refractivity contribution in [2.75, 3.05) is 50.8 Å². The van der Waals surface area contributed by atoms with Crippen LogP contribution in [0, 0.1) is 0 Å². The number of nitrogens with zero attached hydrogens (tertiary/aromatic N) is 3. The normalized spacial score (nSPS) is 14.1. The molecule has 0 amide bonds. The zero-order valence-electron chi connectivity index (χ0n) is 22.9. The van der Waals surface area contributed by atoms with Crippen molar-refractivity contribution in [1.82, 2.24) is 9.27 Å². The number of aryl methyl sites for hydroxylation is 3. The number of rotatable bonds is 13. The Balaban J connectivity index is 1.12. The lowest BCUT2D eigenvalue weighted by Crippen LogP contribution is -2.47. The van der Waals surface area contributed by atoms with Gasteiger partial charge in [0.1, 0.15) is 18.2 Å². The Morgan fingerprint density at radius 1 is 0.900 bits per heavy atom. The largest absolute Gasteiger partial charge is 0.492 e. The fourth-order valence-corrected chi connectivity index (χ4v) is 6.18. The van der Waals surface area contributed by atoms with Crippen LogP contribution in [0.25, 0.3) is 10.1 Å². The van der Waals surface area contributed by atoms with Gasteiger partial charge in [-0.05, 0) is 84.2 Å².